The fourth-order valence-corrected chi connectivity index (χ4v) is 3.28. The lowest BCUT2D eigenvalue weighted by Gasteiger charge is -2.31. The minimum atomic E-state index is 0.0890. The Labute approximate surface area is 149 Å². The molecule has 0 aromatic heterocycles. The molecular formula is C21H26N2O2. The van der Waals surface area contributed by atoms with Crippen LogP contribution in [0.3, 0.4) is 0 Å². The number of amides is 1. The van der Waals surface area contributed by atoms with Crippen LogP contribution in [0.15, 0.2) is 48.5 Å². The number of para-hydroxylation sites is 1. The zero-order valence-electron chi connectivity index (χ0n) is 14.7. The molecule has 132 valence electrons. The Morgan fingerprint density at radius 1 is 1.12 bits per heavy atom. The summed E-state index contributed by atoms with van der Waals surface area (Å²) >= 11 is 0. The molecule has 0 unspecified atom stereocenters. The number of benzene rings is 2. The van der Waals surface area contributed by atoms with Gasteiger partial charge in [-0.2, -0.15) is 0 Å². The van der Waals surface area contributed by atoms with Crippen LogP contribution >= 0.6 is 0 Å². The lowest BCUT2D eigenvalue weighted by molar-refractivity contribution is -0.126. The molecule has 1 aliphatic heterocycles. The van der Waals surface area contributed by atoms with Crippen LogP contribution in [0, 0.1) is 12.8 Å². The molecule has 2 aromatic rings. The molecule has 3 rings (SSSR count). The third kappa shape index (κ3) is 4.83. The number of rotatable bonds is 5. The molecule has 1 fully saturated rings. The molecule has 4 heteroatoms. The van der Waals surface area contributed by atoms with Gasteiger partial charge in [-0.15, -0.1) is 0 Å². The third-order valence-corrected chi connectivity index (χ3v) is 4.93. The maximum Gasteiger partial charge on any atom is 0.223 e. The second-order valence-corrected chi connectivity index (χ2v) is 6.88. The summed E-state index contributed by atoms with van der Waals surface area (Å²) in [6, 6.07) is 15.7. The largest absolute Gasteiger partial charge is 0.508 e. The van der Waals surface area contributed by atoms with Crippen LogP contribution in [0.2, 0.25) is 0 Å². The van der Waals surface area contributed by atoms with E-state index in [9.17, 15) is 9.90 Å². The number of piperidine rings is 1. The highest BCUT2D eigenvalue weighted by Crippen LogP contribution is 2.23. The lowest BCUT2D eigenvalue weighted by atomic mass is 9.95. The topological polar surface area (TPSA) is 52.6 Å². The van der Waals surface area contributed by atoms with Gasteiger partial charge < -0.3 is 10.4 Å². The van der Waals surface area contributed by atoms with Crippen LogP contribution in [-0.4, -0.2) is 29.0 Å². The summed E-state index contributed by atoms with van der Waals surface area (Å²) in [5, 5.41) is 13.0. The summed E-state index contributed by atoms with van der Waals surface area (Å²) in [6.07, 6.45) is 1.74. The van der Waals surface area contributed by atoms with Crippen molar-refractivity contribution in [1.29, 1.82) is 0 Å². The van der Waals surface area contributed by atoms with Crippen molar-refractivity contribution < 1.29 is 9.90 Å². The number of nitrogens with zero attached hydrogens (tertiary/aromatic N) is 1. The molecule has 0 saturated carbocycles. The number of hydrogen-bond acceptors (Lipinski definition) is 3. The van der Waals surface area contributed by atoms with Gasteiger partial charge in [0.1, 0.15) is 5.75 Å². The van der Waals surface area contributed by atoms with E-state index >= 15 is 0 Å². The van der Waals surface area contributed by atoms with E-state index in [1.165, 1.54) is 5.56 Å². The summed E-state index contributed by atoms with van der Waals surface area (Å²) in [5.74, 6) is 0.592. The number of phenolic OH excluding ortho intramolecular Hbond substituents is 1. The Balaban J connectivity index is 1.44. The quantitative estimate of drug-likeness (QED) is 0.880. The number of aryl methyl sites for hydroxylation is 1. The fraction of sp³-hybridized carbons (Fsp3) is 0.381. The Morgan fingerprint density at radius 2 is 1.80 bits per heavy atom. The molecule has 1 amide bonds. The first-order valence-electron chi connectivity index (χ1n) is 8.94. The number of likely N-dealkylation sites (tertiary alicyclic amines) is 1. The van der Waals surface area contributed by atoms with Crippen molar-refractivity contribution in [3.05, 3.63) is 65.2 Å². The number of hydrogen-bond donors (Lipinski definition) is 2. The molecule has 0 spiro atoms. The molecule has 0 bridgehead atoms. The van der Waals surface area contributed by atoms with E-state index in [4.69, 9.17) is 0 Å². The highest BCUT2D eigenvalue weighted by molar-refractivity contribution is 5.78. The smallest absolute Gasteiger partial charge is 0.223 e. The third-order valence-electron chi connectivity index (χ3n) is 4.93. The van der Waals surface area contributed by atoms with E-state index in [0.717, 1.165) is 43.6 Å². The SMILES string of the molecule is Cc1ccc(CNC(=O)C2CCN(Cc3ccccc3O)CC2)cc1. The number of nitrogens with one attached hydrogen (secondary N) is 1. The van der Waals surface area contributed by atoms with E-state index in [0.29, 0.717) is 12.3 Å². The Morgan fingerprint density at radius 3 is 2.48 bits per heavy atom. The average Bonchev–Trinajstić information content (AvgIpc) is 2.63. The van der Waals surface area contributed by atoms with Crippen molar-refractivity contribution in [2.45, 2.75) is 32.9 Å². The van der Waals surface area contributed by atoms with Crippen molar-refractivity contribution in [3.63, 3.8) is 0 Å². The van der Waals surface area contributed by atoms with Gasteiger partial charge in [-0.3, -0.25) is 9.69 Å². The first-order chi connectivity index (χ1) is 12.1. The first-order valence-corrected chi connectivity index (χ1v) is 8.94. The minimum absolute atomic E-state index is 0.0890. The number of aromatic hydroxyl groups is 1. The predicted molar refractivity (Wildman–Crippen MR) is 99.1 cm³/mol. The van der Waals surface area contributed by atoms with E-state index in [2.05, 4.69) is 41.4 Å². The van der Waals surface area contributed by atoms with Gasteiger partial charge in [0, 0.05) is 24.6 Å². The van der Waals surface area contributed by atoms with Gasteiger partial charge in [0.25, 0.3) is 0 Å². The van der Waals surface area contributed by atoms with Crippen LogP contribution < -0.4 is 5.32 Å². The number of phenols is 1. The van der Waals surface area contributed by atoms with E-state index < -0.39 is 0 Å². The summed E-state index contributed by atoms with van der Waals surface area (Å²) < 4.78 is 0. The molecule has 1 saturated heterocycles. The molecule has 25 heavy (non-hydrogen) atoms. The van der Waals surface area contributed by atoms with Crippen LogP contribution in [0.25, 0.3) is 0 Å². The molecule has 0 atom stereocenters. The van der Waals surface area contributed by atoms with E-state index in [-0.39, 0.29) is 11.8 Å². The van der Waals surface area contributed by atoms with Crippen molar-refractivity contribution >= 4 is 5.91 Å². The average molecular weight is 338 g/mol. The normalized spacial score (nSPS) is 15.9. The molecular weight excluding hydrogens is 312 g/mol. The standard InChI is InChI=1S/C21H26N2O2/c1-16-6-8-17(9-7-16)14-22-21(25)18-10-12-23(13-11-18)15-19-4-2-3-5-20(19)24/h2-9,18,24H,10-15H2,1H3,(H,22,25). The zero-order chi connectivity index (χ0) is 17.6. The van der Waals surface area contributed by atoms with Gasteiger partial charge >= 0.3 is 0 Å². The maximum atomic E-state index is 12.4. The minimum Gasteiger partial charge on any atom is -0.508 e. The zero-order valence-corrected chi connectivity index (χ0v) is 14.7. The summed E-state index contributed by atoms with van der Waals surface area (Å²) in [5.41, 5.74) is 3.31. The van der Waals surface area contributed by atoms with Gasteiger partial charge in [0.15, 0.2) is 0 Å². The van der Waals surface area contributed by atoms with Crippen molar-refractivity contribution in [2.75, 3.05) is 13.1 Å². The molecule has 1 aliphatic rings. The van der Waals surface area contributed by atoms with Gasteiger partial charge in [0.2, 0.25) is 5.91 Å². The summed E-state index contributed by atoms with van der Waals surface area (Å²) in [4.78, 5) is 14.7. The van der Waals surface area contributed by atoms with Crippen LogP contribution in [0.5, 0.6) is 5.75 Å². The second-order valence-electron chi connectivity index (χ2n) is 6.88. The van der Waals surface area contributed by atoms with Gasteiger partial charge in [-0.05, 0) is 44.5 Å². The fourth-order valence-electron chi connectivity index (χ4n) is 3.28. The summed E-state index contributed by atoms with van der Waals surface area (Å²) in [7, 11) is 0. The van der Waals surface area contributed by atoms with Crippen LogP contribution in [0.4, 0.5) is 0 Å². The summed E-state index contributed by atoms with van der Waals surface area (Å²) in [6.45, 7) is 5.17. The Kier molecular flexibility index (Phi) is 5.71. The molecule has 2 aromatic carbocycles. The molecule has 2 N–H and O–H groups in total. The van der Waals surface area contributed by atoms with Crippen LogP contribution in [0.1, 0.15) is 29.5 Å². The highest BCUT2D eigenvalue weighted by atomic mass is 16.3. The van der Waals surface area contributed by atoms with Gasteiger partial charge in [0.05, 0.1) is 0 Å². The van der Waals surface area contributed by atoms with E-state index in [1.807, 2.05) is 18.2 Å². The molecule has 4 nitrogen and oxygen atoms in total. The van der Waals surface area contributed by atoms with E-state index in [1.54, 1.807) is 6.07 Å². The van der Waals surface area contributed by atoms with Crippen molar-refractivity contribution in [3.8, 4) is 5.75 Å². The first kappa shape index (κ1) is 17.5. The molecule has 1 heterocycles. The maximum absolute atomic E-state index is 12.4. The monoisotopic (exact) mass is 338 g/mol. The number of carbonyl (C=O) groups is 1. The van der Waals surface area contributed by atoms with Crippen molar-refractivity contribution in [1.82, 2.24) is 10.2 Å². The predicted octanol–water partition coefficient (Wildman–Crippen LogP) is 3.23. The van der Waals surface area contributed by atoms with Crippen LogP contribution in [-0.2, 0) is 17.9 Å². The Bertz CT molecular complexity index is 704. The lowest BCUT2D eigenvalue weighted by Crippen LogP contribution is -2.40. The molecule has 0 radical (unpaired) electrons. The van der Waals surface area contributed by atoms with Gasteiger partial charge in [-0.25, -0.2) is 0 Å². The van der Waals surface area contributed by atoms with Crippen molar-refractivity contribution in [2.24, 2.45) is 5.92 Å². The number of carbonyl (C=O) groups excluding carboxylic acids is 1. The molecule has 0 aliphatic carbocycles. The second kappa shape index (κ2) is 8.17. The van der Waals surface area contributed by atoms with Gasteiger partial charge in [-0.1, -0.05) is 48.0 Å². The highest BCUT2D eigenvalue weighted by Gasteiger charge is 2.25. The Hall–Kier alpha value is -2.33.